The second-order valence-electron chi connectivity index (χ2n) is 8.70. The largest absolute Gasteiger partial charge is 0.497 e. The van der Waals surface area contributed by atoms with Crippen molar-refractivity contribution >= 4 is 17.7 Å². The fourth-order valence-electron chi connectivity index (χ4n) is 4.54. The fourth-order valence-corrected chi connectivity index (χ4v) is 4.54. The molecule has 0 aliphatic carbocycles. The first-order valence-corrected chi connectivity index (χ1v) is 12.0. The molecule has 0 unspecified atom stereocenters. The highest BCUT2D eigenvalue weighted by molar-refractivity contribution is 5.94. The van der Waals surface area contributed by atoms with Gasteiger partial charge in [0, 0.05) is 58.1 Å². The lowest BCUT2D eigenvalue weighted by Crippen LogP contribution is -2.49. The zero-order valence-corrected chi connectivity index (χ0v) is 20.9. The van der Waals surface area contributed by atoms with Crippen LogP contribution in [0.5, 0.6) is 11.5 Å². The van der Waals surface area contributed by atoms with Gasteiger partial charge in [0.15, 0.2) is 0 Å². The molecular formula is C25H31N7O4. The minimum atomic E-state index is -0.0468. The Morgan fingerprint density at radius 2 is 1.72 bits per heavy atom. The molecule has 4 heterocycles. The Bertz CT molecular complexity index is 1220. The summed E-state index contributed by atoms with van der Waals surface area (Å²) < 4.78 is 17.9. The highest BCUT2D eigenvalue weighted by Gasteiger charge is 2.26. The monoisotopic (exact) mass is 493 g/mol. The maximum Gasteiger partial charge on any atom is 0.272 e. The molecule has 0 bridgehead atoms. The van der Waals surface area contributed by atoms with Gasteiger partial charge in [-0.25, -0.2) is 4.98 Å². The molecule has 3 aromatic rings. The van der Waals surface area contributed by atoms with E-state index in [0.29, 0.717) is 62.3 Å². The van der Waals surface area contributed by atoms with Gasteiger partial charge in [0.2, 0.25) is 5.95 Å². The fraction of sp³-hybridized carbons (Fsp3) is 0.440. The van der Waals surface area contributed by atoms with Crippen LogP contribution >= 0.6 is 0 Å². The average Bonchev–Trinajstić information content (AvgIpc) is 3.34. The van der Waals surface area contributed by atoms with Crippen molar-refractivity contribution in [2.75, 3.05) is 76.5 Å². The van der Waals surface area contributed by atoms with E-state index >= 15 is 0 Å². The Morgan fingerprint density at radius 1 is 0.944 bits per heavy atom. The minimum absolute atomic E-state index is 0.0468. The Labute approximate surface area is 210 Å². The van der Waals surface area contributed by atoms with Gasteiger partial charge in [0.25, 0.3) is 5.91 Å². The van der Waals surface area contributed by atoms with Crippen molar-refractivity contribution in [1.29, 1.82) is 0 Å². The number of hydrogen-bond acceptors (Lipinski definition) is 9. The van der Waals surface area contributed by atoms with E-state index in [1.54, 1.807) is 32.1 Å². The van der Waals surface area contributed by atoms with Crippen molar-refractivity contribution in [1.82, 2.24) is 24.6 Å². The maximum atomic E-state index is 13.4. The van der Waals surface area contributed by atoms with E-state index in [0.717, 1.165) is 30.4 Å². The summed E-state index contributed by atoms with van der Waals surface area (Å²) in [6, 6.07) is 9.27. The second kappa shape index (κ2) is 10.4. The number of hydrogen-bond donors (Lipinski definition) is 0. The van der Waals surface area contributed by atoms with Crippen molar-refractivity contribution in [3.63, 3.8) is 0 Å². The van der Waals surface area contributed by atoms with Crippen molar-refractivity contribution in [2.45, 2.75) is 0 Å². The molecule has 2 aliphatic rings. The van der Waals surface area contributed by atoms with Crippen LogP contribution in [0.3, 0.4) is 0 Å². The molecular weight excluding hydrogens is 462 g/mol. The molecule has 0 N–H and O–H groups in total. The van der Waals surface area contributed by atoms with Crippen molar-refractivity contribution in [3.05, 3.63) is 42.2 Å². The van der Waals surface area contributed by atoms with Gasteiger partial charge < -0.3 is 28.9 Å². The third-order valence-electron chi connectivity index (χ3n) is 6.59. The quantitative estimate of drug-likeness (QED) is 0.508. The molecule has 0 spiro atoms. The molecule has 5 rings (SSSR count). The number of carbonyl (C=O) groups excluding carboxylic acids is 1. The topological polar surface area (TPSA) is 98.1 Å². The Kier molecular flexibility index (Phi) is 6.90. The van der Waals surface area contributed by atoms with E-state index in [4.69, 9.17) is 19.2 Å². The number of benzene rings is 1. The number of amides is 1. The number of anilines is 2. The van der Waals surface area contributed by atoms with Crippen LogP contribution in [0.4, 0.5) is 11.8 Å². The predicted octanol–water partition coefficient (Wildman–Crippen LogP) is 1.69. The summed E-state index contributed by atoms with van der Waals surface area (Å²) in [7, 11) is 5.01. The van der Waals surface area contributed by atoms with E-state index in [9.17, 15) is 4.79 Å². The molecule has 2 aromatic heterocycles. The number of nitrogens with zero attached hydrogens (tertiary/aromatic N) is 7. The lowest BCUT2D eigenvalue weighted by atomic mass is 10.1. The summed E-state index contributed by atoms with van der Waals surface area (Å²) >= 11 is 0. The average molecular weight is 494 g/mol. The van der Waals surface area contributed by atoms with E-state index in [1.807, 2.05) is 35.2 Å². The van der Waals surface area contributed by atoms with Crippen LogP contribution in [0, 0.1) is 0 Å². The number of aromatic nitrogens is 4. The molecule has 2 fully saturated rings. The van der Waals surface area contributed by atoms with E-state index < -0.39 is 0 Å². The first-order valence-electron chi connectivity index (χ1n) is 12.0. The second-order valence-corrected chi connectivity index (χ2v) is 8.70. The number of morpholine rings is 1. The molecule has 36 heavy (non-hydrogen) atoms. The normalized spacial score (nSPS) is 16.2. The lowest BCUT2D eigenvalue weighted by molar-refractivity contribution is 0.0735. The summed E-state index contributed by atoms with van der Waals surface area (Å²) in [5.74, 6) is 2.93. The summed E-state index contributed by atoms with van der Waals surface area (Å²) in [5.41, 5.74) is 1.96. The van der Waals surface area contributed by atoms with Crippen molar-refractivity contribution in [3.8, 4) is 22.8 Å². The van der Waals surface area contributed by atoms with Crippen LogP contribution in [-0.4, -0.2) is 97.3 Å². The third kappa shape index (κ3) is 4.78. The van der Waals surface area contributed by atoms with Crippen LogP contribution in [0.15, 0.2) is 36.5 Å². The van der Waals surface area contributed by atoms with Gasteiger partial charge >= 0.3 is 0 Å². The minimum Gasteiger partial charge on any atom is -0.497 e. The van der Waals surface area contributed by atoms with E-state index in [1.165, 1.54) is 0 Å². The summed E-state index contributed by atoms with van der Waals surface area (Å²) in [6.45, 7) is 5.54. The number of rotatable bonds is 6. The molecule has 11 heteroatoms. The van der Waals surface area contributed by atoms with E-state index in [2.05, 4.69) is 19.9 Å². The molecule has 2 aliphatic heterocycles. The molecule has 11 nitrogen and oxygen atoms in total. The first-order chi connectivity index (χ1) is 17.6. The molecule has 0 radical (unpaired) electrons. The number of piperazine rings is 1. The van der Waals surface area contributed by atoms with Crippen molar-refractivity contribution < 1.29 is 19.0 Å². The zero-order chi connectivity index (χ0) is 25.1. The summed E-state index contributed by atoms with van der Waals surface area (Å²) in [5, 5.41) is 4.59. The van der Waals surface area contributed by atoms with Crippen LogP contribution in [0.25, 0.3) is 11.3 Å². The number of ether oxygens (including phenoxy) is 3. The SMILES string of the molecule is COc1ccc(OC)c(-c2cc(C(=O)N3CCN(c4ccnc(N5CCOCC5)n4)CC3)n(C)n2)c1. The van der Waals surface area contributed by atoms with Crippen LogP contribution in [-0.2, 0) is 11.8 Å². The van der Waals surface area contributed by atoms with Gasteiger partial charge in [-0.1, -0.05) is 0 Å². The maximum absolute atomic E-state index is 13.4. The predicted molar refractivity (Wildman–Crippen MR) is 135 cm³/mol. The Balaban J connectivity index is 1.27. The molecule has 0 atom stereocenters. The van der Waals surface area contributed by atoms with Crippen molar-refractivity contribution in [2.24, 2.45) is 7.05 Å². The number of carbonyl (C=O) groups is 1. The van der Waals surface area contributed by atoms with Gasteiger partial charge in [-0.2, -0.15) is 10.1 Å². The molecule has 2 saturated heterocycles. The number of methoxy groups -OCH3 is 2. The smallest absolute Gasteiger partial charge is 0.272 e. The van der Waals surface area contributed by atoms with E-state index in [-0.39, 0.29) is 5.91 Å². The van der Waals surface area contributed by atoms with Gasteiger partial charge in [-0.05, 0) is 30.3 Å². The molecule has 190 valence electrons. The van der Waals surface area contributed by atoms with Crippen LogP contribution in [0.2, 0.25) is 0 Å². The van der Waals surface area contributed by atoms with Gasteiger partial charge in [-0.3, -0.25) is 9.48 Å². The standard InChI is InChI=1S/C25H31N7O4/c1-29-21(17-20(28-29)19-16-18(34-2)4-5-22(19)35-3)24(33)31-10-8-30(9-11-31)23-6-7-26-25(27-23)32-12-14-36-15-13-32/h4-7,16-17H,8-15H2,1-3H3. The molecule has 1 aromatic carbocycles. The van der Waals surface area contributed by atoms with Crippen LogP contribution < -0.4 is 19.3 Å². The van der Waals surface area contributed by atoms with Gasteiger partial charge in [-0.15, -0.1) is 0 Å². The van der Waals surface area contributed by atoms with Gasteiger partial charge in [0.1, 0.15) is 23.0 Å². The summed E-state index contributed by atoms with van der Waals surface area (Å²) in [4.78, 5) is 28.8. The lowest BCUT2D eigenvalue weighted by Gasteiger charge is -2.35. The Morgan fingerprint density at radius 3 is 2.44 bits per heavy atom. The third-order valence-corrected chi connectivity index (χ3v) is 6.59. The highest BCUT2D eigenvalue weighted by atomic mass is 16.5. The first kappa shape index (κ1) is 23.9. The molecule has 0 saturated carbocycles. The Hall–Kier alpha value is -3.86. The zero-order valence-electron chi connectivity index (χ0n) is 20.9. The van der Waals surface area contributed by atoms with Crippen LogP contribution in [0.1, 0.15) is 10.5 Å². The number of aryl methyl sites for hydroxylation is 1. The summed E-state index contributed by atoms with van der Waals surface area (Å²) in [6.07, 6.45) is 1.80. The highest BCUT2D eigenvalue weighted by Crippen LogP contribution is 2.33. The molecule has 1 amide bonds. The van der Waals surface area contributed by atoms with Gasteiger partial charge in [0.05, 0.1) is 33.1 Å².